The quantitative estimate of drug-likeness (QED) is 0.921. The molecule has 0 radical (unpaired) electrons. The number of piperidine rings is 1. The molecule has 3 aliphatic carbocycles. The van der Waals surface area contributed by atoms with Crippen LogP contribution in [0.5, 0.6) is 0 Å². The first-order valence-corrected chi connectivity index (χ1v) is 9.76. The monoisotopic (exact) mass is 338 g/mol. The number of carbonyl (C=O) groups excluding carboxylic acids is 2. The van der Waals surface area contributed by atoms with Crippen molar-refractivity contribution in [3.63, 3.8) is 0 Å². The number of likely N-dealkylation sites (tertiary alicyclic amines) is 1. The fraction of sp³-hybridized carbons (Fsp3) is 0.619. The third kappa shape index (κ3) is 2.37. The van der Waals surface area contributed by atoms with E-state index in [4.69, 9.17) is 5.73 Å². The van der Waals surface area contributed by atoms with Crippen LogP contribution in [0.4, 0.5) is 0 Å². The van der Waals surface area contributed by atoms with E-state index in [9.17, 15) is 9.59 Å². The summed E-state index contributed by atoms with van der Waals surface area (Å²) in [6.07, 6.45) is 7.26. The van der Waals surface area contributed by atoms with Crippen LogP contribution in [0.3, 0.4) is 0 Å². The summed E-state index contributed by atoms with van der Waals surface area (Å²) in [4.78, 5) is 26.8. The lowest BCUT2D eigenvalue weighted by Crippen LogP contribution is -2.62. The van der Waals surface area contributed by atoms with Crippen LogP contribution in [0.2, 0.25) is 0 Å². The number of nitrogens with zero attached hydrogens (tertiary/aromatic N) is 1. The van der Waals surface area contributed by atoms with E-state index in [2.05, 4.69) is 11.0 Å². The molecule has 132 valence electrons. The van der Waals surface area contributed by atoms with E-state index in [0.29, 0.717) is 29.7 Å². The third-order valence-corrected chi connectivity index (χ3v) is 7.28. The number of primary amides is 1. The van der Waals surface area contributed by atoms with Gasteiger partial charge in [-0.1, -0.05) is 6.07 Å². The van der Waals surface area contributed by atoms with Crippen LogP contribution in [0.15, 0.2) is 18.2 Å². The summed E-state index contributed by atoms with van der Waals surface area (Å²) in [5, 5.41) is 0. The molecule has 3 fully saturated rings. The molecule has 25 heavy (non-hydrogen) atoms. The predicted molar refractivity (Wildman–Crippen MR) is 95.4 cm³/mol. The minimum Gasteiger partial charge on any atom is -0.366 e. The molecule has 5 rings (SSSR count). The molecule has 4 nitrogen and oxygen atoms in total. The highest BCUT2D eigenvalue weighted by Gasteiger charge is 2.55. The van der Waals surface area contributed by atoms with Crippen LogP contribution >= 0.6 is 0 Å². The highest BCUT2D eigenvalue weighted by Crippen LogP contribution is 2.55. The molecule has 1 heterocycles. The van der Waals surface area contributed by atoms with Gasteiger partial charge in [0.25, 0.3) is 0 Å². The number of benzene rings is 1. The molecule has 4 aliphatic rings. The molecule has 1 amide bonds. The highest BCUT2D eigenvalue weighted by molar-refractivity contribution is 5.93. The standard InChI is InChI=1S/C21H26N2O2/c22-20(25)15-4-3-14-10-19-17-6-5-16(24)11-21(17,18(14)9-15)7-8-23(19)12-13-1-2-13/h3-4,9,13,17,19H,1-2,5-8,10-12H2,(H2,22,25)/t17-,19?,21?/m0/s1. The molecular formula is C21H26N2O2. The van der Waals surface area contributed by atoms with Crippen molar-refractivity contribution in [1.82, 2.24) is 4.90 Å². The van der Waals surface area contributed by atoms with Crippen molar-refractivity contribution in [3.05, 3.63) is 34.9 Å². The maximum Gasteiger partial charge on any atom is 0.248 e. The van der Waals surface area contributed by atoms with E-state index in [1.165, 1.54) is 30.5 Å². The number of nitrogens with two attached hydrogens (primary N) is 1. The lowest BCUT2D eigenvalue weighted by molar-refractivity contribution is -0.127. The number of rotatable bonds is 3. The predicted octanol–water partition coefficient (Wildman–Crippen LogP) is 2.43. The Bertz CT molecular complexity index is 754. The molecule has 1 aromatic rings. The molecule has 2 bridgehead atoms. The lowest BCUT2D eigenvalue weighted by Gasteiger charge is -2.58. The van der Waals surface area contributed by atoms with Crippen LogP contribution in [0.1, 0.15) is 60.0 Å². The van der Waals surface area contributed by atoms with E-state index in [1.807, 2.05) is 12.1 Å². The number of Topliss-reactive ketones (excluding diaryl/α,β-unsaturated/α-hetero) is 1. The molecule has 2 N–H and O–H groups in total. The maximum atomic E-state index is 12.4. The van der Waals surface area contributed by atoms with Crippen LogP contribution in [0.25, 0.3) is 0 Å². The molecule has 0 spiro atoms. The first-order chi connectivity index (χ1) is 12.1. The minimum atomic E-state index is -0.369. The van der Waals surface area contributed by atoms with Crippen molar-refractivity contribution in [2.24, 2.45) is 17.6 Å². The van der Waals surface area contributed by atoms with Crippen LogP contribution in [0, 0.1) is 11.8 Å². The minimum absolute atomic E-state index is 0.0565. The number of carbonyl (C=O) groups is 2. The molecule has 0 aromatic heterocycles. The molecule has 1 aliphatic heterocycles. The molecule has 3 atom stereocenters. The van der Waals surface area contributed by atoms with Crippen molar-refractivity contribution in [1.29, 1.82) is 0 Å². The Balaban J connectivity index is 1.60. The van der Waals surface area contributed by atoms with Crippen molar-refractivity contribution in [2.45, 2.75) is 56.4 Å². The van der Waals surface area contributed by atoms with Crippen LogP contribution in [-0.2, 0) is 16.6 Å². The van der Waals surface area contributed by atoms with Crippen LogP contribution in [-0.4, -0.2) is 35.7 Å². The average Bonchev–Trinajstić information content (AvgIpc) is 3.40. The van der Waals surface area contributed by atoms with E-state index >= 15 is 0 Å². The van der Waals surface area contributed by atoms with E-state index in [0.717, 1.165) is 38.1 Å². The molecule has 1 aromatic carbocycles. The molecule has 2 unspecified atom stereocenters. The van der Waals surface area contributed by atoms with Gasteiger partial charge in [-0.3, -0.25) is 14.5 Å². The number of ketones is 1. The van der Waals surface area contributed by atoms with Gasteiger partial charge < -0.3 is 5.73 Å². The summed E-state index contributed by atoms with van der Waals surface area (Å²) >= 11 is 0. The number of hydrogen-bond acceptors (Lipinski definition) is 3. The maximum absolute atomic E-state index is 12.4. The van der Waals surface area contributed by atoms with Crippen molar-refractivity contribution in [2.75, 3.05) is 13.1 Å². The van der Waals surface area contributed by atoms with Crippen molar-refractivity contribution < 1.29 is 9.59 Å². The van der Waals surface area contributed by atoms with E-state index in [-0.39, 0.29) is 11.3 Å². The van der Waals surface area contributed by atoms with Gasteiger partial charge in [-0.05, 0) is 73.7 Å². The summed E-state index contributed by atoms with van der Waals surface area (Å²) in [5.41, 5.74) is 8.66. The summed E-state index contributed by atoms with van der Waals surface area (Å²) < 4.78 is 0. The second kappa shape index (κ2) is 5.41. The van der Waals surface area contributed by atoms with Gasteiger partial charge in [0.1, 0.15) is 5.78 Å². The van der Waals surface area contributed by atoms with E-state index < -0.39 is 0 Å². The Morgan fingerprint density at radius 2 is 2.12 bits per heavy atom. The summed E-state index contributed by atoms with van der Waals surface area (Å²) in [7, 11) is 0. The SMILES string of the molecule is NC(=O)c1ccc2c(c1)C13CCN(CC4CC4)C(C2)[C@@H]1CCC(=O)C3. The second-order valence-electron chi connectivity index (χ2n) is 8.71. The topological polar surface area (TPSA) is 63.4 Å². The molecule has 2 saturated carbocycles. The Kier molecular flexibility index (Phi) is 3.37. The van der Waals surface area contributed by atoms with Gasteiger partial charge in [-0.25, -0.2) is 0 Å². The zero-order valence-corrected chi connectivity index (χ0v) is 14.7. The van der Waals surface area contributed by atoms with Gasteiger partial charge in [0.05, 0.1) is 0 Å². The van der Waals surface area contributed by atoms with Crippen molar-refractivity contribution >= 4 is 11.7 Å². The lowest BCUT2D eigenvalue weighted by atomic mass is 9.52. The highest BCUT2D eigenvalue weighted by atomic mass is 16.1. The van der Waals surface area contributed by atoms with Gasteiger partial charge >= 0.3 is 0 Å². The second-order valence-corrected chi connectivity index (χ2v) is 8.71. The smallest absolute Gasteiger partial charge is 0.248 e. The van der Waals surface area contributed by atoms with Gasteiger partial charge in [-0.15, -0.1) is 0 Å². The van der Waals surface area contributed by atoms with Gasteiger partial charge in [0.15, 0.2) is 0 Å². The van der Waals surface area contributed by atoms with E-state index in [1.54, 1.807) is 0 Å². The van der Waals surface area contributed by atoms with Gasteiger partial charge in [0, 0.05) is 36.4 Å². The van der Waals surface area contributed by atoms with Gasteiger partial charge in [0.2, 0.25) is 5.91 Å². The Hall–Kier alpha value is -1.68. The Morgan fingerprint density at radius 3 is 2.88 bits per heavy atom. The summed E-state index contributed by atoms with van der Waals surface area (Å²) in [6.45, 7) is 2.32. The number of amides is 1. The Labute approximate surface area is 148 Å². The molecular weight excluding hydrogens is 312 g/mol. The van der Waals surface area contributed by atoms with Crippen LogP contribution < -0.4 is 5.73 Å². The molecule has 1 saturated heterocycles. The summed E-state index contributed by atoms with van der Waals surface area (Å²) in [5.74, 6) is 1.47. The fourth-order valence-electron chi connectivity index (χ4n) is 5.92. The Morgan fingerprint density at radius 1 is 1.28 bits per heavy atom. The number of fused-ring (bicyclic) bond motifs is 1. The average molecular weight is 338 g/mol. The third-order valence-electron chi connectivity index (χ3n) is 7.28. The fourth-order valence-corrected chi connectivity index (χ4v) is 5.92. The first kappa shape index (κ1) is 15.6. The normalized spacial score (nSPS) is 34.3. The zero-order valence-electron chi connectivity index (χ0n) is 14.7. The number of hydrogen-bond donors (Lipinski definition) is 1. The largest absolute Gasteiger partial charge is 0.366 e. The summed E-state index contributed by atoms with van der Waals surface area (Å²) in [6, 6.07) is 6.54. The first-order valence-electron chi connectivity index (χ1n) is 9.76. The van der Waals surface area contributed by atoms with Gasteiger partial charge in [-0.2, -0.15) is 0 Å². The van der Waals surface area contributed by atoms with Crippen molar-refractivity contribution in [3.8, 4) is 0 Å². The molecule has 4 heteroatoms. The zero-order chi connectivity index (χ0) is 17.2.